The zero-order valence-corrected chi connectivity index (χ0v) is 14.4. The Morgan fingerprint density at radius 3 is 2.75 bits per heavy atom. The molecule has 0 amide bonds. The van der Waals surface area contributed by atoms with E-state index in [0.717, 1.165) is 29.7 Å². The third-order valence-electron chi connectivity index (χ3n) is 4.15. The van der Waals surface area contributed by atoms with E-state index in [4.69, 9.17) is 4.74 Å². The average molecular weight is 341 g/mol. The molecule has 112 valence electrons. The molecule has 0 bridgehead atoms. The summed E-state index contributed by atoms with van der Waals surface area (Å²) in [5.74, 6) is 1.55. The van der Waals surface area contributed by atoms with Crippen LogP contribution in [0.4, 0.5) is 5.69 Å². The van der Waals surface area contributed by atoms with E-state index in [-0.39, 0.29) is 0 Å². The molecule has 0 aliphatic carbocycles. The van der Waals surface area contributed by atoms with E-state index in [9.17, 15) is 0 Å². The van der Waals surface area contributed by atoms with Crippen molar-refractivity contribution in [2.75, 3.05) is 25.1 Å². The Morgan fingerprint density at radius 1 is 1.40 bits per heavy atom. The van der Waals surface area contributed by atoms with E-state index in [0.29, 0.717) is 18.0 Å². The molecule has 4 heteroatoms. The van der Waals surface area contributed by atoms with Crippen LogP contribution in [0.25, 0.3) is 0 Å². The Balaban J connectivity index is 2.28. The van der Waals surface area contributed by atoms with Crippen molar-refractivity contribution >= 4 is 21.6 Å². The average Bonchev–Trinajstić information content (AvgIpc) is 2.45. The van der Waals surface area contributed by atoms with Gasteiger partial charge in [-0.15, -0.1) is 0 Å². The van der Waals surface area contributed by atoms with Gasteiger partial charge in [0.2, 0.25) is 0 Å². The molecule has 1 aromatic carbocycles. The Bertz CT molecular complexity index is 450. The molecule has 0 saturated carbocycles. The number of ether oxygens (including phenoxy) is 1. The zero-order valence-electron chi connectivity index (χ0n) is 12.8. The van der Waals surface area contributed by atoms with Gasteiger partial charge in [-0.2, -0.15) is 0 Å². The lowest BCUT2D eigenvalue weighted by atomic mass is 9.98. The molecule has 2 unspecified atom stereocenters. The van der Waals surface area contributed by atoms with Gasteiger partial charge in [0.1, 0.15) is 5.75 Å². The Hall–Kier alpha value is -0.740. The topological polar surface area (TPSA) is 24.5 Å². The number of methoxy groups -OCH3 is 1. The SMILES string of the molecule is CCC1CNC(C(C)C)CN1c1cc(Br)cc(OC)c1. The van der Waals surface area contributed by atoms with Crippen LogP contribution in [-0.4, -0.2) is 32.3 Å². The first kappa shape index (κ1) is 15.6. The monoisotopic (exact) mass is 340 g/mol. The predicted molar refractivity (Wildman–Crippen MR) is 88.7 cm³/mol. The lowest BCUT2D eigenvalue weighted by Gasteiger charge is -2.43. The van der Waals surface area contributed by atoms with Gasteiger partial charge in [0.05, 0.1) is 7.11 Å². The molecule has 1 aliphatic heterocycles. The fourth-order valence-corrected chi connectivity index (χ4v) is 3.24. The number of rotatable bonds is 4. The van der Waals surface area contributed by atoms with Gasteiger partial charge < -0.3 is 15.0 Å². The largest absolute Gasteiger partial charge is 0.497 e. The highest BCUT2D eigenvalue weighted by Gasteiger charge is 2.28. The molecule has 1 heterocycles. The second-order valence-corrected chi connectivity index (χ2v) is 6.74. The first-order valence-corrected chi connectivity index (χ1v) is 8.19. The molecule has 1 saturated heterocycles. The van der Waals surface area contributed by atoms with Crippen LogP contribution in [-0.2, 0) is 0 Å². The van der Waals surface area contributed by atoms with Gasteiger partial charge in [0.15, 0.2) is 0 Å². The normalized spacial score (nSPS) is 23.2. The smallest absolute Gasteiger partial charge is 0.122 e. The molecule has 3 nitrogen and oxygen atoms in total. The van der Waals surface area contributed by atoms with Crippen LogP contribution in [0.15, 0.2) is 22.7 Å². The summed E-state index contributed by atoms with van der Waals surface area (Å²) >= 11 is 3.58. The number of anilines is 1. The fraction of sp³-hybridized carbons (Fsp3) is 0.625. The van der Waals surface area contributed by atoms with Crippen molar-refractivity contribution in [2.24, 2.45) is 5.92 Å². The standard InChI is InChI=1S/C16H25BrN2O/c1-5-13-9-18-16(11(2)3)10-19(13)14-6-12(17)7-15(8-14)20-4/h6-8,11,13,16,18H,5,9-10H2,1-4H3. The lowest BCUT2D eigenvalue weighted by Crippen LogP contribution is -2.58. The van der Waals surface area contributed by atoms with Crippen LogP contribution < -0.4 is 15.0 Å². The summed E-state index contributed by atoms with van der Waals surface area (Å²) in [5, 5.41) is 3.68. The summed E-state index contributed by atoms with van der Waals surface area (Å²) in [4.78, 5) is 2.52. The molecule has 2 atom stereocenters. The van der Waals surface area contributed by atoms with E-state index in [1.54, 1.807) is 7.11 Å². The van der Waals surface area contributed by atoms with Gasteiger partial charge in [0, 0.05) is 41.4 Å². The molecule has 0 aromatic heterocycles. The number of halogens is 1. The van der Waals surface area contributed by atoms with Crippen LogP contribution in [0.2, 0.25) is 0 Å². The Kier molecular flexibility index (Phi) is 5.33. The van der Waals surface area contributed by atoms with E-state index < -0.39 is 0 Å². The Labute approximate surface area is 130 Å². The van der Waals surface area contributed by atoms with Crippen LogP contribution in [0, 0.1) is 5.92 Å². The van der Waals surface area contributed by atoms with Gasteiger partial charge in [-0.1, -0.05) is 36.7 Å². The second kappa shape index (κ2) is 6.81. The van der Waals surface area contributed by atoms with Gasteiger partial charge >= 0.3 is 0 Å². The minimum atomic E-state index is 0.544. The predicted octanol–water partition coefficient (Wildman–Crippen LogP) is 3.67. The van der Waals surface area contributed by atoms with Crippen molar-refractivity contribution in [1.82, 2.24) is 5.32 Å². The molecule has 1 N–H and O–H groups in total. The zero-order chi connectivity index (χ0) is 14.7. The van der Waals surface area contributed by atoms with Crippen LogP contribution in [0.3, 0.4) is 0 Å². The molecule has 1 aromatic rings. The summed E-state index contributed by atoms with van der Waals surface area (Å²) in [5.41, 5.74) is 1.25. The van der Waals surface area contributed by atoms with Crippen LogP contribution in [0.1, 0.15) is 27.2 Å². The molecule has 0 spiro atoms. The second-order valence-electron chi connectivity index (χ2n) is 5.82. The number of nitrogens with one attached hydrogen (secondary N) is 1. The van der Waals surface area contributed by atoms with E-state index in [1.165, 1.54) is 5.69 Å². The third-order valence-corrected chi connectivity index (χ3v) is 4.61. The fourth-order valence-electron chi connectivity index (χ4n) is 2.78. The van der Waals surface area contributed by atoms with Crippen molar-refractivity contribution in [3.05, 3.63) is 22.7 Å². The highest BCUT2D eigenvalue weighted by atomic mass is 79.9. The molecule has 20 heavy (non-hydrogen) atoms. The van der Waals surface area contributed by atoms with Gasteiger partial charge in [-0.25, -0.2) is 0 Å². The Morgan fingerprint density at radius 2 is 2.15 bits per heavy atom. The molecule has 1 aliphatic rings. The molecule has 1 fully saturated rings. The summed E-state index contributed by atoms with van der Waals surface area (Å²) in [6.07, 6.45) is 1.15. The van der Waals surface area contributed by atoms with Gasteiger partial charge in [-0.05, 0) is 24.5 Å². The summed E-state index contributed by atoms with van der Waals surface area (Å²) in [7, 11) is 1.72. The van der Waals surface area contributed by atoms with E-state index in [2.05, 4.69) is 59.1 Å². The maximum Gasteiger partial charge on any atom is 0.122 e. The summed E-state index contributed by atoms with van der Waals surface area (Å²) in [6.45, 7) is 8.92. The summed E-state index contributed by atoms with van der Waals surface area (Å²) < 4.78 is 6.47. The number of benzene rings is 1. The van der Waals surface area contributed by atoms with Crippen molar-refractivity contribution in [3.8, 4) is 5.75 Å². The van der Waals surface area contributed by atoms with Crippen molar-refractivity contribution < 1.29 is 4.74 Å². The van der Waals surface area contributed by atoms with Crippen LogP contribution >= 0.6 is 15.9 Å². The minimum Gasteiger partial charge on any atom is -0.497 e. The first-order valence-electron chi connectivity index (χ1n) is 7.39. The van der Waals surface area contributed by atoms with E-state index in [1.807, 2.05) is 6.07 Å². The molecule has 2 rings (SSSR count). The quantitative estimate of drug-likeness (QED) is 0.904. The van der Waals surface area contributed by atoms with Crippen molar-refractivity contribution in [2.45, 2.75) is 39.3 Å². The van der Waals surface area contributed by atoms with Crippen molar-refractivity contribution in [3.63, 3.8) is 0 Å². The van der Waals surface area contributed by atoms with E-state index >= 15 is 0 Å². The first-order chi connectivity index (χ1) is 9.55. The maximum absolute atomic E-state index is 5.40. The van der Waals surface area contributed by atoms with Gasteiger partial charge in [-0.3, -0.25) is 0 Å². The highest BCUT2D eigenvalue weighted by Crippen LogP contribution is 2.30. The molecular formula is C16H25BrN2O. The minimum absolute atomic E-state index is 0.544. The highest BCUT2D eigenvalue weighted by molar-refractivity contribution is 9.10. The maximum atomic E-state index is 5.40. The van der Waals surface area contributed by atoms with Gasteiger partial charge in [0.25, 0.3) is 0 Å². The van der Waals surface area contributed by atoms with Crippen LogP contribution in [0.5, 0.6) is 5.75 Å². The third kappa shape index (κ3) is 3.47. The lowest BCUT2D eigenvalue weighted by molar-refractivity contribution is 0.325. The number of piperazine rings is 1. The molecule has 0 radical (unpaired) electrons. The summed E-state index contributed by atoms with van der Waals surface area (Å²) in [6, 6.07) is 7.42. The number of nitrogens with zero attached hydrogens (tertiary/aromatic N) is 1. The number of hydrogen-bond acceptors (Lipinski definition) is 3. The number of hydrogen-bond donors (Lipinski definition) is 1. The van der Waals surface area contributed by atoms with Crippen molar-refractivity contribution in [1.29, 1.82) is 0 Å². The molecular weight excluding hydrogens is 316 g/mol.